The number of carbonyl (C=O) groups excluding carboxylic acids is 1. The van der Waals surface area contributed by atoms with Crippen molar-refractivity contribution in [2.24, 2.45) is 0 Å². The van der Waals surface area contributed by atoms with Crippen molar-refractivity contribution in [3.63, 3.8) is 0 Å². The van der Waals surface area contributed by atoms with Gasteiger partial charge in [-0.3, -0.25) is 4.79 Å². The number of benzene rings is 2. The maximum absolute atomic E-state index is 12.4. The Morgan fingerprint density at radius 3 is 2.48 bits per heavy atom. The van der Waals surface area contributed by atoms with Gasteiger partial charge in [0.15, 0.2) is 0 Å². The maximum atomic E-state index is 12.4. The summed E-state index contributed by atoms with van der Waals surface area (Å²) < 4.78 is 11.3. The molecule has 0 atom stereocenters. The summed E-state index contributed by atoms with van der Waals surface area (Å²) in [6.45, 7) is 0. The highest BCUT2D eigenvalue weighted by molar-refractivity contribution is 9.10. The van der Waals surface area contributed by atoms with Crippen molar-refractivity contribution < 1.29 is 14.3 Å². The summed E-state index contributed by atoms with van der Waals surface area (Å²) in [5.74, 6) is 0.693. The number of hydrogen-bond donors (Lipinski definition) is 2. The normalized spacial score (nSPS) is 10.0. The molecular formula is C15H15BrN2O3. The van der Waals surface area contributed by atoms with Gasteiger partial charge < -0.3 is 20.5 Å². The number of amides is 1. The first-order valence-electron chi connectivity index (χ1n) is 6.13. The molecule has 1 amide bonds. The molecule has 3 N–H and O–H groups in total. The molecule has 0 radical (unpaired) electrons. The van der Waals surface area contributed by atoms with E-state index in [1.54, 1.807) is 36.4 Å². The van der Waals surface area contributed by atoms with E-state index in [1.165, 1.54) is 14.2 Å². The third-order valence-corrected chi connectivity index (χ3v) is 3.38. The van der Waals surface area contributed by atoms with E-state index in [1.807, 2.05) is 0 Å². The first kappa shape index (κ1) is 15.2. The molecule has 0 aliphatic heterocycles. The van der Waals surface area contributed by atoms with Gasteiger partial charge in [0.05, 0.1) is 25.5 Å². The molecule has 0 fully saturated rings. The number of methoxy groups -OCH3 is 2. The van der Waals surface area contributed by atoms with Crippen LogP contribution in [0.2, 0.25) is 0 Å². The topological polar surface area (TPSA) is 73.6 Å². The van der Waals surface area contributed by atoms with Crippen molar-refractivity contribution in [2.45, 2.75) is 0 Å². The molecule has 0 saturated heterocycles. The highest BCUT2D eigenvalue weighted by Crippen LogP contribution is 2.29. The van der Waals surface area contributed by atoms with Gasteiger partial charge >= 0.3 is 0 Å². The lowest BCUT2D eigenvalue weighted by Crippen LogP contribution is -2.14. The lowest BCUT2D eigenvalue weighted by molar-refractivity contribution is 0.102. The summed E-state index contributed by atoms with van der Waals surface area (Å²) >= 11 is 3.34. The fourth-order valence-corrected chi connectivity index (χ4v) is 2.19. The molecule has 0 bridgehead atoms. The summed E-state index contributed by atoms with van der Waals surface area (Å²) in [5, 5.41) is 2.78. The number of nitrogens with two attached hydrogens (primary N) is 1. The van der Waals surface area contributed by atoms with Crippen LogP contribution in [0.4, 0.5) is 11.4 Å². The zero-order valence-electron chi connectivity index (χ0n) is 11.6. The monoisotopic (exact) mass is 350 g/mol. The van der Waals surface area contributed by atoms with E-state index in [-0.39, 0.29) is 5.91 Å². The molecule has 5 nitrogen and oxygen atoms in total. The second-order valence-electron chi connectivity index (χ2n) is 4.26. The first-order valence-corrected chi connectivity index (χ1v) is 6.93. The van der Waals surface area contributed by atoms with Crippen LogP contribution in [0.5, 0.6) is 11.5 Å². The fourth-order valence-electron chi connectivity index (χ4n) is 1.85. The Morgan fingerprint density at radius 2 is 1.81 bits per heavy atom. The number of carbonyl (C=O) groups is 1. The van der Waals surface area contributed by atoms with Crippen LogP contribution in [0.25, 0.3) is 0 Å². The summed E-state index contributed by atoms with van der Waals surface area (Å²) in [6, 6.07) is 10.2. The highest BCUT2D eigenvalue weighted by atomic mass is 79.9. The molecule has 0 saturated carbocycles. The Kier molecular flexibility index (Phi) is 4.70. The molecule has 0 aromatic heterocycles. The molecule has 110 valence electrons. The predicted molar refractivity (Wildman–Crippen MR) is 86.1 cm³/mol. The van der Waals surface area contributed by atoms with Crippen molar-refractivity contribution in [3.8, 4) is 11.5 Å². The molecule has 2 aromatic rings. The molecule has 0 heterocycles. The number of anilines is 2. The van der Waals surface area contributed by atoms with Gasteiger partial charge in [-0.2, -0.15) is 0 Å². The Morgan fingerprint density at radius 1 is 1.10 bits per heavy atom. The van der Waals surface area contributed by atoms with E-state index < -0.39 is 0 Å². The summed E-state index contributed by atoms with van der Waals surface area (Å²) in [7, 11) is 3.03. The minimum Gasteiger partial charge on any atom is -0.496 e. The van der Waals surface area contributed by atoms with Crippen LogP contribution in [-0.4, -0.2) is 20.1 Å². The standard InChI is InChI=1S/C15H15BrN2O3/c1-20-13-7-9(16)3-5-11(13)15(19)18-12-6-4-10(17)8-14(12)21-2/h3-8H,17H2,1-2H3,(H,18,19). The predicted octanol–water partition coefficient (Wildman–Crippen LogP) is 3.30. The maximum Gasteiger partial charge on any atom is 0.259 e. The highest BCUT2D eigenvalue weighted by Gasteiger charge is 2.14. The quantitative estimate of drug-likeness (QED) is 0.829. The lowest BCUT2D eigenvalue weighted by atomic mass is 10.1. The number of nitrogen functional groups attached to an aromatic ring is 1. The zero-order chi connectivity index (χ0) is 15.4. The van der Waals surface area contributed by atoms with E-state index in [0.717, 1.165) is 4.47 Å². The van der Waals surface area contributed by atoms with E-state index in [9.17, 15) is 4.79 Å². The third kappa shape index (κ3) is 3.46. The molecule has 2 rings (SSSR count). The number of nitrogens with one attached hydrogen (secondary N) is 1. The van der Waals surface area contributed by atoms with Crippen LogP contribution in [0, 0.1) is 0 Å². The molecule has 0 unspecified atom stereocenters. The van der Waals surface area contributed by atoms with Gasteiger partial charge in [0, 0.05) is 16.2 Å². The van der Waals surface area contributed by atoms with Gasteiger partial charge in [0.2, 0.25) is 0 Å². The molecule has 6 heteroatoms. The Balaban J connectivity index is 2.30. The smallest absolute Gasteiger partial charge is 0.259 e. The van der Waals surface area contributed by atoms with Crippen LogP contribution >= 0.6 is 15.9 Å². The zero-order valence-corrected chi connectivity index (χ0v) is 13.2. The Hall–Kier alpha value is -2.21. The lowest BCUT2D eigenvalue weighted by Gasteiger charge is -2.12. The molecule has 0 aliphatic rings. The van der Waals surface area contributed by atoms with E-state index in [4.69, 9.17) is 15.2 Å². The average molecular weight is 351 g/mol. The van der Waals surface area contributed by atoms with Crippen LogP contribution in [0.1, 0.15) is 10.4 Å². The minimum atomic E-state index is -0.289. The molecule has 2 aromatic carbocycles. The van der Waals surface area contributed by atoms with Gasteiger partial charge in [-0.1, -0.05) is 15.9 Å². The van der Waals surface area contributed by atoms with Crippen LogP contribution < -0.4 is 20.5 Å². The van der Waals surface area contributed by atoms with Crippen LogP contribution in [-0.2, 0) is 0 Å². The average Bonchev–Trinajstić information content (AvgIpc) is 2.48. The van der Waals surface area contributed by atoms with Crippen LogP contribution in [0.3, 0.4) is 0 Å². The Bertz CT molecular complexity index is 674. The van der Waals surface area contributed by atoms with Gasteiger partial charge in [-0.25, -0.2) is 0 Å². The number of ether oxygens (including phenoxy) is 2. The van der Waals surface area contributed by atoms with E-state index in [0.29, 0.717) is 28.4 Å². The van der Waals surface area contributed by atoms with Gasteiger partial charge in [-0.05, 0) is 30.3 Å². The van der Waals surface area contributed by atoms with Crippen molar-refractivity contribution in [1.82, 2.24) is 0 Å². The van der Waals surface area contributed by atoms with Gasteiger partial charge in [-0.15, -0.1) is 0 Å². The summed E-state index contributed by atoms with van der Waals surface area (Å²) in [6.07, 6.45) is 0. The van der Waals surface area contributed by atoms with Crippen LogP contribution in [0.15, 0.2) is 40.9 Å². The van der Waals surface area contributed by atoms with E-state index >= 15 is 0 Å². The SMILES string of the molecule is COc1cc(N)ccc1NC(=O)c1ccc(Br)cc1OC. The Labute approximate surface area is 131 Å². The second-order valence-corrected chi connectivity index (χ2v) is 5.17. The fraction of sp³-hybridized carbons (Fsp3) is 0.133. The summed E-state index contributed by atoms with van der Waals surface area (Å²) in [4.78, 5) is 12.4. The molecule has 0 spiro atoms. The second kappa shape index (κ2) is 6.49. The van der Waals surface area contributed by atoms with Crippen molar-refractivity contribution >= 4 is 33.2 Å². The minimum absolute atomic E-state index is 0.289. The number of halogens is 1. The molecule has 21 heavy (non-hydrogen) atoms. The van der Waals surface area contributed by atoms with Crippen molar-refractivity contribution in [1.29, 1.82) is 0 Å². The number of hydrogen-bond acceptors (Lipinski definition) is 4. The molecule has 0 aliphatic carbocycles. The summed E-state index contributed by atoms with van der Waals surface area (Å²) in [5.41, 5.74) is 7.22. The molecular weight excluding hydrogens is 336 g/mol. The first-order chi connectivity index (χ1) is 10.0. The van der Waals surface area contributed by atoms with Crippen molar-refractivity contribution in [2.75, 3.05) is 25.3 Å². The van der Waals surface area contributed by atoms with Crippen molar-refractivity contribution in [3.05, 3.63) is 46.4 Å². The van der Waals surface area contributed by atoms with Gasteiger partial charge in [0.25, 0.3) is 5.91 Å². The van der Waals surface area contributed by atoms with Gasteiger partial charge in [0.1, 0.15) is 11.5 Å². The third-order valence-electron chi connectivity index (χ3n) is 2.88. The van der Waals surface area contributed by atoms with E-state index in [2.05, 4.69) is 21.2 Å². The largest absolute Gasteiger partial charge is 0.496 e. The number of rotatable bonds is 4.